The second-order valence-electron chi connectivity index (χ2n) is 9.10. The van der Waals surface area contributed by atoms with Crippen molar-refractivity contribution in [2.24, 2.45) is 17.3 Å². The molecule has 2 unspecified atom stereocenters. The Kier molecular flexibility index (Phi) is 3.97. The highest BCUT2D eigenvalue weighted by Crippen LogP contribution is 2.65. The van der Waals surface area contributed by atoms with Gasteiger partial charge in [-0.15, -0.1) is 0 Å². The molecule has 5 rings (SSSR count). The number of nitrogens with one attached hydrogen (secondary N) is 1. The van der Waals surface area contributed by atoms with E-state index in [1.165, 1.54) is 37.7 Å². The molecule has 1 N–H and O–H groups in total. The fourth-order valence-electron chi connectivity index (χ4n) is 6.35. The first-order valence-corrected chi connectivity index (χ1v) is 9.51. The Morgan fingerprint density at radius 3 is 2.35 bits per heavy atom. The summed E-state index contributed by atoms with van der Waals surface area (Å²) >= 11 is 0. The van der Waals surface area contributed by atoms with E-state index in [4.69, 9.17) is 0 Å². The molecule has 6 nitrogen and oxygen atoms in total. The quantitative estimate of drug-likeness (QED) is 0.659. The third-order valence-corrected chi connectivity index (χ3v) is 6.89. The van der Waals surface area contributed by atoms with Gasteiger partial charge in [-0.05, 0) is 66.8 Å². The zero-order valence-corrected chi connectivity index (χ0v) is 15.5. The van der Waals surface area contributed by atoms with Crippen LogP contribution in [0.25, 0.3) is 0 Å². The summed E-state index contributed by atoms with van der Waals surface area (Å²) in [5.41, 5.74) is 1.71. The molecule has 0 heterocycles. The van der Waals surface area contributed by atoms with Gasteiger partial charge < -0.3 is 10.2 Å². The Morgan fingerprint density at radius 2 is 1.81 bits per heavy atom. The van der Waals surface area contributed by atoms with Crippen molar-refractivity contribution in [2.45, 2.75) is 43.9 Å². The number of non-ortho nitro benzene ring substituents is 1. The van der Waals surface area contributed by atoms with Gasteiger partial charge in [-0.3, -0.25) is 10.1 Å². The molecule has 0 saturated heterocycles. The van der Waals surface area contributed by atoms with Crippen LogP contribution in [0.4, 0.5) is 10.5 Å². The van der Waals surface area contributed by atoms with Crippen molar-refractivity contribution in [3.05, 3.63) is 39.9 Å². The molecule has 1 aromatic rings. The molecule has 0 spiro atoms. The Bertz CT molecular complexity index is 714. The van der Waals surface area contributed by atoms with E-state index in [1.54, 1.807) is 31.1 Å². The van der Waals surface area contributed by atoms with E-state index < -0.39 is 0 Å². The third kappa shape index (κ3) is 2.85. The predicted molar refractivity (Wildman–Crippen MR) is 99.0 cm³/mol. The number of benzene rings is 1. The predicted octanol–water partition coefficient (Wildman–Crippen LogP) is 3.70. The molecule has 2 amide bonds. The maximum Gasteiger partial charge on any atom is 0.316 e. The van der Waals surface area contributed by atoms with Gasteiger partial charge in [0.05, 0.1) is 4.92 Å². The number of amides is 2. The normalized spacial score (nSPS) is 34.5. The summed E-state index contributed by atoms with van der Waals surface area (Å²) in [4.78, 5) is 24.3. The number of urea groups is 1. The highest BCUT2D eigenvalue weighted by molar-refractivity contribution is 5.73. The van der Waals surface area contributed by atoms with Gasteiger partial charge in [-0.25, -0.2) is 4.79 Å². The molecule has 140 valence electrons. The van der Waals surface area contributed by atoms with Crippen LogP contribution < -0.4 is 5.32 Å². The van der Waals surface area contributed by atoms with Crippen LogP contribution in [0.2, 0.25) is 0 Å². The van der Waals surface area contributed by atoms with Gasteiger partial charge >= 0.3 is 6.03 Å². The van der Waals surface area contributed by atoms with Crippen molar-refractivity contribution in [3.8, 4) is 0 Å². The SMILES string of the molecule is CN(C)C(=O)NCC12C[C@H]3C[C@@H](C1)CC(c1ccc([N+](=O)[O-])cc1)(C3)C2. The van der Waals surface area contributed by atoms with Crippen LogP contribution in [-0.2, 0) is 5.41 Å². The van der Waals surface area contributed by atoms with Gasteiger partial charge in [0, 0.05) is 32.8 Å². The minimum Gasteiger partial charge on any atom is -0.337 e. The standard InChI is InChI=1S/C20H27N3O3/c1-22(2)18(24)21-13-19-8-14-7-15(9-19)11-20(10-14,12-19)16-3-5-17(6-4-16)23(25)26/h3-6,14-15H,7-13H2,1-2H3,(H,21,24)/t14-,15+,19?,20?. The van der Waals surface area contributed by atoms with Crippen molar-refractivity contribution in [2.75, 3.05) is 20.6 Å². The fraction of sp³-hybridized carbons (Fsp3) is 0.650. The summed E-state index contributed by atoms with van der Waals surface area (Å²) in [5, 5.41) is 14.1. The third-order valence-electron chi connectivity index (χ3n) is 6.89. The Balaban J connectivity index is 1.59. The molecule has 6 heteroatoms. The molecule has 0 aromatic heterocycles. The van der Waals surface area contributed by atoms with Crippen LogP contribution in [0.1, 0.15) is 44.1 Å². The second-order valence-corrected chi connectivity index (χ2v) is 9.10. The van der Waals surface area contributed by atoms with Crippen LogP contribution >= 0.6 is 0 Å². The summed E-state index contributed by atoms with van der Waals surface area (Å²) in [6.45, 7) is 0.742. The van der Waals surface area contributed by atoms with Crippen molar-refractivity contribution in [3.63, 3.8) is 0 Å². The fourth-order valence-corrected chi connectivity index (χ4v) is 6.35. The van der Waals surface area contributed by atoms with Crippen molar-refractivity contribution >= 4 is 11.7 Å². The molecule has 4 bridgehead atoms. The molecule has 1 aromatic carbocycles. The van der Waals surface area contributed by atoms with Gasteiger partial charge in [0.2, 0.25) is 0 Å². The molecule has 4 atom stereocenters. The molecule has 4 aliphatic carbocycles. The lowest BCUT2D eigenvalue weighted by atomic mass is 9.43. The first-order chi connectivity index (χ1) is 12.3. The van der Waals surface area contributed by atoms with Gasteiger partial charge in [0.15, 0.2) is 0 Å². The average molecular weight is 357 g/mol. The van der Waals surface area contributed by atoms with Gasteiger partial charge in [-0.1, -0.05) is 12.1 Å². The van der Waals surface area contributed by atoms with E-state index in [2.05, 4.69) is 5.32 Å². The topological polar surface area (TPSA) is 75.5 Å². The van der Waals surface area contributed by atoms with E-state index in [9.17, 15) is 14.9 Å². The number of rotatable bonds is 4. The maximum atomic E-state index is 12.0. The van der Waals surface area contributed by atoms with Gasteiger partial charge in [-0.2, -0.15) is 0 Å². The summed E-state index contributed by atoms with van der Waals surface area (Å²) in [7, 11) is 3.54. The molecule has 0 aliphatic heterocycles. The zero-order valence-electron chi connectivity index (χ0n) is 15.5. The lowest BCUT2D eigenvalue weighted by Gasteiger charge is -2.62. The first kappa shape index (κ1) is 17.3. The molecule has 4 aliphatic rings. The molecule has 4 fully saturated rings. The van der Waals surface area contributed by atoms with E-state index >= 15 is 0 Å². The smallest absolute Gasteiger partial charge is 0.316 e. The lowest BCUT2D eigenvalue weighted by Crippen LogP contribution is -2.57. The van der Waals surface area contributed by atoms with Crippen LogP contribution in [0, 0.1) is 27.4 Å². The number of hydrogen-bond donors (Lipinski definition) is 1. The average Bonchev–Trinajstić information content (AvgIpc) is 2.58. The first-order valence-electron chi connectivity index (χ1n) is 9.51. The van der Waals surface area contributed by atoms with E-state index in [0.29, 0.717) is 11.8 Å². The lowest BCUT2D eigenvalue weighted by molar-refractivity contribution is -0.384. The molecule has 4 saturated carbocycles. The Morgan fingerprint density at radius 1 is 1.19 bits per heavy atom. The molecule has 26 heavy (non-hydrogen) atoms. The minimum absolute atomic E-state index is 0.0230. The number of carbonyl (C=O) groups excluding carboxylic acids is 1. The second kappa shape index (κ2) is 5.96. The molecular formula is C20H27N3O3. The van der Waals surface area contributed by atoms with Gasteiger partial charge in [0.1, 0.15) is 0 Å². The molecule has 0 radical (unpaired) electrons. The maximum absolute atomic E-state index is 12.0. The number of carbonyl (C=O) groups is 1. The van der Waals surface area contributed by atoms with Crippen LogP contribution in [0.5, 0.6) is 0 Å². The van der Waals surface area contributed by atoms with Crippen molar-refractivity contribution < 1.29 is 9.72 Å². The summed E-state index contributed by atoms with van der Waals surface area (Å²) in [6.07, 6.45) is 7.16. The summed E-state index contributed by atoms with van der Waals surface area (Å²) < 4.78 is 0. The highest BCUT2D eigenvalue weighted by Gasteiger charge is 2.58. The van der Waals surface area contributed by atoms with Crippen molar-refractivity contribution in [1.82, 2.24) is 10.2 Å². The minimum atomic E-state index is -0.332. The number of nitro groups is 1. The zero-order chi connectivity index (χ0) is 18.5. The van der Waals surface area contributed by atoms with Gasteiger partial charge in [0.25, 0.3) is 5.69 Å². The van der Waals surface area contributed by atoms with E-state index in [0.717, 1.165) is 13.0 Å². The largest absolute Gasteiger partial charge is 0.337 e. The van der Waals surface area contributed by atoms with E-state index in [-0.39, 0.29) is 27.5 Å². The van der Waals surface area contributed by atoms with Crippen LogP contribution in [0.15, 0.2) is 24.3 Å². The monoisotopic (exact) mass is 357 g/mol. The molecular weight excluding hydrogens is 330 g/mol. The summed E-state index contributed by atoms with van der Waals surface area (Å²) in [5.74, 6) is 1.42. The van der Waals surface area contributed by atoms with Crippen molar-refractivity contribution in [1.29, 1.82) is 0 Å². The summed E-state index contributed by atoms with van der Waals surface area (Å²) in [6, 6.07) is 7.21. The van der Waals surface area contributed by atoms with Crippen LogP contribution in [0.3, 0.4) is 0 Å². The number of nitrogens with zero attached hydrogens (tertiary/aromatic N) is 2. The van der Waals surface area contributed by atoms with Crippen LogP contribution in [-0.4, -0.2) is 36.5 Å². The number of nitro benzene ring substituents is 1. The highest BCUT2D eigenvalue weighted by atomic mass is 16.6. The Hall–Kier alpha value is -2.11. The Labute approximate surface area is 154 Å². The number of hydrogen-bond acceptors (Lipinski definition) is 3. The van der Waals surface area contributed by atoms with E-state index in [1.807, 2.05) is 12.1 Å².